The van der Waals surface area contributed by atoms with Crippen LogP contribution < -0.4 is 0 Å². The van der Waals surface area contributed by atoms with E-state index in [1.807, 2.05) is 12.1 Å². The summed E-state index contributed by atoms with van der Waals surface area (Å²) in [5.41, 5.74) is 1.12. The van der Waals surface area contributed by atoms with Crippen molar-refractivity contribution in [3.63, 3.8) is 0 Å². The molecule has 0 spiro atoms. The fourth-order valence-corrected chi connectivity index (χ4v) is 1.96. The summed E-state index contributed by atoms with van der Waals surface area (Å²) in [6, 6.07) is 7.44. The third-order valence-electron chi connectivity index (χ3n) is 2.03. The molecule has 0 fully saturated rings. The lowest BCUT2D eigenvalue weighted by molar-refractivity contribution is 0.480. The maximum Gasteiger partial charge on any atom is 0.264 e. The first kappa shape index (κ1) is 12.5. The molecule has 0 atom stereocenters. The molecule has 1 aromatic carbocycles. The van der Waals surface area contributed by atoms with Crippen molar-refractivity contribution < 1.29 is 13.0 Å². The van der Waals surface area contributed by atoms with Gasteiger partial charge in [-0.05, 0) is 37.0 Å². The van der Waals surface area contributed by atoms with Gasteiger partial charge in [-0.25, -0.2) is 0 Å². The average molecular weight is 249 g/mol. The van der Waals surface area contributed by atoms with Gasteiger partial charge in [-0.2, -0.15) is 8.42 Å². The molecule has 0 aliphatic carbocycles. The summed E-state index contributed by atoms with van der Waals surface area (Å²) in [5.74, 6) is -0.166. The van der Waals surface area contributed by atoms with E-state index in [2.05, 4.69) is 0 Å². The predicted octanol–water partition coefficient (Wildman–Crippen LogP) is 2.55. The molecule has 5 heteroatoms. The molecule has 0 saturated carbocycles. The van der Waals surface area contributed by atoms with Gasteiger partial charge < -0.3 is 0 Å². The van der Waals surface area contributed by atoms with Crippen LogP contribution in [-0.2, 0) is 16.5 Å². The summed E-state index contributed by atoms with van der Waals surface area (Å²) >= 11 is 5.72. The molecular formula is C10H13ClO3S. The Bertz CT molecular complexity index is 397. The molecular weight excluding hydrogens is 236 g/mol. The van der Waals surface area contributed by atoms with Crippen molar-refractivity contribution in [3.05, 3.63) is 34.9 Å². The number of unbranched alkanes of at least 4 members (excludes halogenated alkanes) is 1. The van der Waals surface area contributed by atoms with Gasteiger partial charge in [0.2, 0.25) is 0 Å². The molecule has 15 heavy (non-hydrogen) atoms. The van der Waals surface area contributed by atoms with Gasteiger partial charge in [0, 0.05) is 5.02 Å². The molecule has 0 radical (unpaired) electrons. The Hall–Kier alpha value is -0.580. The van der Waals surface area contributed by atoms with Crippen molar-refractivity contribution in [3.8, 4) is 0 Å². The van der Waals surface area contributed by atoms with Gasteiger partial charge in [0.15, 0.2) is 0 Å². The Kier molecular flexibility index (Phi) is 4.57. The molecule has 0 aromatic heterocycles. The van der Waals surface area contributed by atoms with Gasteiger partial charge >= 0.3 is 0 Å². The van der Waals surface area contributed by atoms with Crippen molar-refractivity contribution in [2.45, 2.75) is 19.3 Å². The highest BCUT2D eigenvalue weighted by atomic mass is 35.5. The average Bonchev–Trinajstić information content (AvgIpc) is 2.14. The fraction of sp³-hybridized carbons (Fsp3) is 0.400. The third-order valence-corrected chi connectivity index (χ3v) is 3.09. The SMILES string of the molecule is O=S(=O)(O)CCCCc1ccc(Cl)cc1. The van der Waals surface area contributed by atoms with Crippen LogP contribution in [0.1, 0.15) is 18.4 Å². The van der Waals surface area contributed by atoms with Gasteiger partial charge in [-0.15, -0.1) is 0 Å². The van der Waals surface area contributed by atoms with E-state index in [9.17, 15) is 8.42 Å². The van der Waals surface area contributed by atoms with Crippen LogP contribution >= 0.6 is 11.6 Å². The van der Waals surface area contributed by atoms with Crippen molar-refractivity contribution in [1.29, 1.82) is 0 Å². The zero-order valence-electron chi connectivity index (χ0n) is 8.19. The zero-order chi connectivity index (χ0) is 11.3. The molecule has 3 nitrogen and oxygen atoms in total. The summed E-state index contributed by atoms with van der Waals surface area (Å²) in [7, 11) is -3.81. The van der Waals surface area contributed by atoms with Gasteiger partial charge in [0.05, 0.1) is 5.75 Å². The molecule has 0 heterocycles. The molecule has 1 N–H and O–H groups in total. The summed E-state index contributed by atoms with van der Waals surface area (Å²) in [6.07, 6.45) is 2.01. The van der Waals surface area contributed by atoms with Crippen molar-refractivity contribution in [1.82, 2.24) is 0 Å². The Morgan fingerprint density at radius 3 is 2.27 bits per heavy atom. The van der Waals surface area contributed by atoms with Crippen LogP contribution in [0.5, 0.6) is 0 Å². The first-order chi connectivity index (χ1) is 6.97. The Morgan fingerprint density at radius 1 is 1.13 bits per heavy atom. The van der Waals surface area contributed by atoms with Gasteiger partial charge in [-0.1, -0.05) is 23.7 Å². The van der Waals surface area contributed by atoms with Crippen LogP contribution in [0.2, 0.25) is 5.02 Å². The van der Waals surface area contributed by atoms with E-state index in [1.54, 1.807) is 12.1 Å². The minimum Gasteiger partial charge on any atom is -0.286 e. The van der Waals surface area contributed by atoms with Crippen LogP contribution in [0.15, 0.2) is 24.3 Å². The van der Waals surface area contributed by atoms with E-state index in [0.29, 0.717) is 11.4 Å². The molecule has 1 rings (SSSR count). The second-order valence-electron chi connectivity index (χ2n) is 3.37. The van der Waals surface area contributed by atoms with E-state index in [4.69, 9.17) is 16.2 Å². The largest absolute Gasteiger partial charge is 0.286 e. The highest BCUT2D eigenvalue weighted by molar-refractivity contribution is 7.85. The van der Waals surface area contributed by atoms with Gasteiger partial charge in [0.25, 0.3) is 10.1 Å². The lowest BCUT2D eigenvalue weighted by Crippen LogP contribution is -2.03. The number of hydrogen-bond donors (Lipinski definition) is 1. The number of aryl methyl sites for hydroxylation is 1. The predicted molar refractivity (Wildman–Crippen MR) is 60.8 cm³/mol. The van der Waals surface area contributed by atoms with E-state index in [1.165, 1.54) is 0 Å². The van der Waals surface area contributed by atoms with Crippen molar-refractivity contribution in [2.24, 2.45) is 0 Å². The van der Waals surface area contributed by atoms with E-state index >= 15 is 0 Å². The Morgan fingerprint density at radius 2 is 1.73 bits per heavy atom. The molecule has 0 aliphatic heterocycles. The summed E-state index contributed by atoms with van der Waals surface area (Å²) in [4.78, 5) is 0. The summed E-state index contributed by atoms with van der Waals surface area (Å²) in [5, 5.41) is 0.691. The maximum atomic E-state index is 10.4. The van der Waals surface area contributed by atoms with Crippen molar-refractivity contribution in [2.75, 3.05) is 5.75 Å². The van der Waals surface area contributed by atoms with E-state index < -0.39 is 10.1 Å². The molecule has 84 valence electrons. The standard InChI is InChI=1S/C10H13ClO3S/c11-10-6-4-9(5-7-10)3-1-2-8-15(12,13)14/h4-7H,1-3,8H2,(H,12,13,14). The highest BCUT2D eigenvalue weighted by Gasteiger charge is 2.03. The van der Waals surface area contributed by atoms with Crippen LogP contribution in [0.4, 0.5) is 0 Å². The lowest BCUT2D eigenvalue weighted by atomic mass is 10.1. The molecule has 0 unspecified atom stereocenters. The van der Waals surface area contributed by atoms with Crippen LogP contribution in [0, 0.1) is 0 Å². The Labute approximate surface area is 94.8 Å². The van der Waals surface area contributed by atoms with Gasteiger partial charge in [0.1, 0.15) is 0 Å². The minimum absolute atomic E-state index is 0.166. The van der Waals surface area contributed by atoms with Crippen molar-refractivity contribution >= 4 is 21.7 Å². The minimum atomic E-state index is -3.81. The van der Waals surface area contributed by atoms with Gasteiger partial charge in [-0.3, -0.25) is 4.55 Å². The second-order valence-corrected chi connectivity index (χ2v) is 5.38. The normalized spacial score (nSPS) is 11.6. The topological polar surface area (TPSA) is 54.4 Å². The maximum absolute atomic E-state index is 10.4. The van der Waals surface area contributed by atoms with Crippen LogP contribution in [0.3, 0.4) is 0 Å². The molecule has 0 amide bonds. The molecule has 0 aliphatic rings. The molecule has 1 aromatic rings. The quantitative estimate of drug-likeness (QED) is 0.644. The Balaban J connectivity index is 2.29. The first-order valence-electron chi connectivity index (χ1n) is 4.67. The number of hydrogen-bond acceptors (Lipinski definition) is 2. The van der Waals surface area contributed by atoms with E-state index in [-0.39, 0.29) is 5.75 Å². The summed E-state index contributed by atoms with van der Waals surface area (Å²) < 4.78 is 29.4. The monoisotopic (exact) mass is 248 g/mol. The van der Waals surface area contributed by atoms with E-state index in [0.717, 1.165) is 18.4 Å². The number of halogens is 1. The summed E-state index contributed by atoms with van der Waals surface area (Å²) in [6.45, 7) is 0. The smallest absolute Gasteiger partial charge is 0.264 e. The first-order valence-corrected chi connectivity index (χ1v) is 6.66. The highest BCUT2D eigenvalue weighted by Crippen LogP contribution is 2.11. The van der Waals surface area contributed by atoms with Crippen LogP contribution in [-0.4, -0.2) is 18.7 Å². The molecule has 0 bridgehead atoms. The zero-order valence-corrected chi connectivity index (χ0v) is 9.76. The van der Waals surface area contributed by atoms with Crippen LogP contribution in [0.25, 0.3) is 0 Å². The number of benzene rings is 1. The number of rotatable bonds is 5. The molecule has 0 saturated heterocycles. The second kappa shape index (κ2) is 5.49. The third kappa shape index (κ3) is 5.77. The lowest BCUT2D eigenvalue weighted by Gasteiger charge is -2.00. The fourth-order valence-electron chi connectivity index (χ4n) is 1.26.